The number of carbonyl (C=O) groups is 1. The Labute approximate surface area is 194 Å². The molecule has 7 heteroatoms. The molecule has 2 aromatic heterocycles. The van der Waals surface area contributed by atoms with Crippen molar-refractivity contribution in [2.45, 2.75) is 38.8 Å². The van der Waals surface area contributed by atoms with Gasteiger partial charge in [0.05, 0.1) is 5.56 Å². The standard InChI is InChI=1S/C26H30N6O/c1-17-24(16-27)23-8-9-25(29-26(23)32(17)22-14-20(15-22)28-3)31-12-10-30(11-13-31)21-6-4-19(5-7-21)18(2)33/h4-9,20,22,28H,10-15H2,1-3H3. The summed E-state index contributed by atoms with van der Waals surface area (Å²) in [6, 6.07) is 15.3. The Morgan fingerprint density at radius 2 is 1.73 bits per heavy atom. The summed E-state index contributed by atoms with van der Waals surface area (Å²) >= 11 is 0. The fraction of sp³-hybridized carbons (Fsp3) is 0.423. The average molecular weight is 443 g/mol. The fourth-order valence-corrected chi connectivity index (χ4v) is 5.19. The van der Waals surface area contributed by atoms with E-state index in [0.717, 1.165) is 78.4 Å². The maximum absolute atomic E-state index is 11.5. The van der Waals surface area contributed by atoms with Gasteiger partial charge < -0.3 is 19.7 Å². The molecule has 1 aromatic carbocycles. The molecule has 0 amide bonds. The zero-order chi connectivity index (χ0) is 23.1. The Kier molecular flexibility index (Phi) is 5.55. The van der Waals surface area contributed by atoms with Gasteiger partial charge in [-0.1, -0.05) is 0 Å². The second kappa shape index (κ2) is 8.53. The predicted molar refractivity (Wildman–Crippen MR) is 131 cm³/mol. The van der Waals surface area contributed by atoms with Crippen LogP contribution in [0.1, 0.15) is 47.4 Å². The van der Waals surface area contributed by atoms with Gasteiger partial charge in [-0.05, 0) is 70.1 Å². The van der Waals surface area contributed by atoms with E-state index in [9.17, 15) is 10.1 Å². The molecule has 1 aliphatic carbocycles. The summed E-state index contributed by atoms with van der Waals surface area (Å²) in [5.74, 6) is 1.07. The largest absolute Gasteiger partial charge is 0.368 e. The molecule has 7 nitrogen and oxygen atoms in total. The van der Waals surface area contributed by atoms with E-state index in [-0.39, 0.29) is 5.78 Å². The smallest absolute Gasteiger partial charge is 0.159 e. The molecule has 0 spiro atoms. The van der Waals surface area contributed by atoms with Gasteiger partial charge in [-0.15, -0.1) is 0 Å². The van der Waals surface area contributed by atoms with E-state index in [2.05, 4.69) is 37.9 Å². The molecular weight excluding hydrogens is 412 g/mol. The van der Waals surface area contributed by atoms with Gasteiger partial charge in [0.1, 0.15) is 17.5 Å². The maximum atomic E-state index is 11.5. The summed E-state index contributed by atoms with van der Waals surface area (Å²) in [5, 5.41) is 14.1. The number of fused-ring (bicyclic) bond motifs is 1. The number of aromatic nitrogens is 2. The van der Waals surface area contributed by atoms with Crippen molar-refractivity contribution in [3.05, 3.63) is 53.2 Å². The number of Topliss-reactive ketones (excluding diaryl/α,β-unsaturated/α-hetero) is 1. The molecule has 1 N–H and O–H groups in total. The number of hydrogen-bond acceptors (Lipinski definition) is 6. The minimum atomic E-state index is 0.0933. The van der Waals surface area contributed by atoms with E-state index >= 15 is 0 Å². The van der Waals surface area contributed by atoms with Gasteiger partial charge in [-0.3, -0.25) is 4.79 Å². The molecule has 1 saturated carbocycles. The highest BCUT2D eigenvalue weighted by Crippen LogP contribution is 2.38. The molecular formula is C26H30N6O. The highest BCUT2D eigenvalue weighted by Gasteiger charge is 2.33. The second-order valence-electron chi connectivity index (χ2n) is 9.17. The van der Waals surface area contributed by atoms with E-state index in [1.807, 2.05) is 38.2 Å². The molecule has 2 fully saturated rings. The molecule has 0 bridgehead atoms. The van der Waals surface area contributed by atoms with Crippen molar-refractivity contribution in [3.8, 4) is 6.07 Å². The van der Waals surface area contributed by atoms with Crippen molar-refractivity contribution in [2.75, 3.05) is 43.0 Å². The van der Waals surface area contributed by atoms with Crippen molar-refractivity contribution in [2.24, 2.45) is 0 Å². The third-order valence-electron chi connectivity index (χ3n) is 7.32. The lowest BCUT2D eigenvalue weighted by Crippen LogP contribution is -2.46. The molecule has 2 aliphatic rings. The van der Waals surface area contributed by atoms with Crippen LogP contribution in [-0.2, 0) is 0 Å². The minimum Gasteiger partial charge on any atom is -0.368 e. The summed E-state index contributed by atoms with van der Waals surface area (Å²) in [4.78, 5) is 21.3. The average Bonchev–Trinajstić information content (AvgIpc) is 3.09. The van der Waals surface area contributed by atoms with E-state index < -0.39 is 0 Å². The molecule has 33 heavy (non-hydrogen) atoms. The van der Waals surface area contributed by atoms with Crippen LogP contribution in [0.15, 0.2) is 36.4 Å². The van der Waals surface area contributed by atoms with Crippen LogP contribution in [0.3, 0.4) is 0 Å². The molecule has 3 aromatic rings. The van der Waals surface area contributed by atoms with Gasteiger partial charge in [-0.2, -0.15) is 5.26 Å². The zero-order valence-corrected chi connectivity index (χ0v) is 19.5. The number of nitrogens with zero attached hydrogens (tertiary/aromatic N) is 5. The van der Waals surface area contributed by atoms with Crippen molar-refractivity contribution < 1.29 is 4.79 Å². The van der Waals surface area contributed by atoms with Crippen LogP contribution in [0.25, 0.3) is 11.0 Å². The number of anilines is 2. The normalized spacial score (nSPS) is 20.5. The summed E-state index contributed by atoms with van der Waals surface area (Å²) in [6.45, 7) is 7.19. The number of carbonyl (C=O) groups excluding carboxylic acids is 1. The minimum absolute atomic E-state index is 0.0933. The summed E-state index contributed by atoms with van der Waals surface area (Å²) in [6.07, 6.45) is 2.14. The van der Waals surface area contributed by atoms with Crippen molar-refractivity contribution >= 4 is 28.3 Å². The van der Waals surface area contributed by atoms with Gasteiger partial charge in [-0.25, -0.2) is 4.98 Å². The molecule has 1 aliphatic heterocycles. The molecule has 5 rings (SSSR count). The lowest BCUT2D eigenvalue weighted by atomic mass is 9.86. The number of nitrogens with one attached hydrogen (secondary N) is 1. The first-order chi connectivity index (χ1) is 16.0. The SMILES string of the molecule is CNC1CC(n2c(C)c(C#N)c3ccc(N4CCN(c5ccc(C(C)=O)cc5)CC4)nc32)C1. The molecule has 0 radical (unpaired) electrons. The molecule has 0 atom stereocenters. The van der Waals surface area contributed by atoms with E-state index in [4.69, 9.17) is 4.98 Å². The first-order valence-corrected chi connectivity index (χ1v) is 11.7. The Bertz CT molecular complexity index is 1220. The topological polar surface area (TPSA) is 77.2 Å². The first-order valence-electron chi connectivity index (χ1n) is 11.7. The molecule has 0 unspecified atom stereocenters. The molecule has 3 heterocycles. The highest BCUT2D eigenvalue weighted by molar-refractivity contribution is 5.94. The van der Waals surface area contributed by atoms with Gasteiger partial charge in [0.2, 0.25) is 0 Å². The van der Waals surface area contributed by atoms with Gasteiger partial charge >= 0.3 is 0 Å². The van der Waals surface area contributed by atoms with Crippen LogP contribution in [0.2, 0.25) is 0 Å². The molecule has 170 valence electrons. The van der Waals surface area contributed by atoms with E-state index in [1.165, 1.54) is 0 Å². The lowest BCUT2D eigenvalue weighted by Gasteiger charge is -2.38. The van der Waals surface area contributed by atoms with Gasteiger partial charge in [0, 0.05) is 60.6 Å². The lowest BCUT2D eigenvalue weighted by molar-refractivity contribution is 0.101. The van der Waals surface area contributed by atoms with E-state index in [1.54, 1.807) is 6.92 Å². The highest BCUT2D eigenvalue weighted by atomic mass is 16.1. The van der Waals surface area contributed by atoms with Crippen molar-refractivity contribution in [3.63, 3.8) is 0 Å². The Balaban J connectivity index is 1.36. The third-order valence-corrected chi connectivity index (χ3v) is 7.32. The maximum Gasteiger partial charge on any atom is 0.159 e. The number of nitriles is 1. The summed E-state index contributed by atoms with van der Waals surface area (Å²) in [5.41, 5.74) is 4.60. The second-order valence-corrected chi connectivity index (χ2v) is 9.17. The van der Waals surface area contributed by atoms with Crippen molar-refractivity contribution in [1.29, 1.82) is 5.26 Å². The Hall–Kier alpha value is -3.37. The first kappa shape index (κ1) is 21.5. The third kappa shape index (κ3) is 3.75. The van der Waals surface area contributed by atoms with Crippen LogP contribution >= 0.6 is 0 Å². The van der Waals surface area contributed by atoms with E-state index in [0.29, 0.717) is 12.1 Å². The Morgan fingerprint density at radius 3 is 2.33 bits per heavy atom. The number of rotatable bonds is 5. The fourth-order valence-electron chi connectivity index (χ4n) is 5.19. The van der Waals surface area contributed by atoms with Crippen LogP contribution in [0.5, 0.6) is 0 Å². The Morgan fingerprint density at radius 1 is 1.06 bits per heavy atom. The van der Waals surface area contributed by atoms with Crippen molar-refractivity contribution in [1.82, 2.24) is 14.9 Å². The number of piperazine rings is 1. The number of ketones is 1. The van der Waals surface area contributed by atoms with Gasteiger partial charge in [0.15, 0.2) is 5.78 Å². The number of benzene rings is 1. The number of hydrogen-bond donors (Lipinski definition) is 1. The monoisotopic (exact) mass is 442 g/mol. The quantitative estimate of drug-likeness (QED) is 0.608. The summed E-state index contributed by atoms with van der Waals surface area (Å²) < 4.78 is 2.29. The predicted octanol–water partition coefficient (Wildman–Crippen LogP) is 3.67. The van der Waals surface area contributed by atoms with Gasteiger partial charge in [0.25, 0.3) is 0 Å². The zero-order valence-electron chi connectivity index (χ0n) is 19.5. The van der Waals surface area contributed by atoms with Crippen LogP contribution in [-0.4, -0.2) is 54.6 Å². The molecule has 1 saturated heterocycles. The van der Waals surface area contributed by atoms with Crippen LogP contribution < -0.4 is 15.1 Å². The summed E-state index contributed by atoms with van der Waals surface area (Å²) in [7, 11) is 2.01. The van der Waals surface area contributed by atoms with Crippen LogP contribution in [0, 0.1) is 18.3 Å². The van der Waals surface area contributed by atoms with Crippen LogP contribution in [0.4, 0.5) is 11.5 Å². The number of pyridine rings is 1.